The lowest BCUT2D eigenvalue weighted by Gasteiger charge is -2.15. The van der Waals surface area contributed by atoms with Crippen LogP contribution >= 0.6 is 0 Å². The van der Waals surface area contributed by atoms with Gasteiger partial charge in [0.25, 0.3) is 5.91 Å². The highest BCUT2D eigenvalue weighted by Gasteiger charge is 2.29. The SMILES string of the molecule is COC(=O)Cc1ccc(C(Nc2ccc(S(C)(=O)=O)cc2)=C2C(=O)Nc3cc(F)ccc32)cc1. The average Bonchev–Trinajstić information content (AvgIpc) is 3.12. The van der Waals surface area contributed by atoms with E-state index in [0.717, 1.165) is 11.8 Å². The molecule has 0 unspecified atom stereocenters. The van der Waals surface area contributed by atoms with Crippen LogP contribution in [0.4, 0.5) is 15.8 Å². The van der Waals surface area contributed by atoms with Crippen molar-refractivity contribution in [2.45, 2.75) is 11.3 Å². The van der Waals surface area contributed by atoms with E-state index in [-0.39, 0.29) is 17.3 Å². The number of sulfone groups is 1. The van der Waals surface area contributed by atoms with Crippen molar-refractivity contribution in [2.75, 3.05) is 24.0 Å². The number of methoxy groups -OCH3 is 1. The summed E-state index contributed by atoms with van der Waals surface area (Å²) in [5.74, 6) is -1.26. The number of amides is 1. The molecule has 3 aromatic rings. The minimum absolute atomic E-state index is 0.103. The van der Waals surface area contributed by atoms with Gasteiger partial charge in [0, 0.05) is 17.5 Å². The Labute approximate surface area is 196 Å². The molecule has 0 aromatic heterocycles. The van der Waals surface area contributed by atoms with E-state index < -0.39 is 21.6 Å². The van der Waals surface area contributed by atoms with Gasteiger partial charge in [0.1, 0.15) is 5.82 Å². The Morgan fingerprint density at radius 2 is 1.71 bits per heavy atom. The van der Waals surface area contributed by atoms with Crippen molar-refractivity contribution in [3.63, 3.8) is 0 Å². The first-order valence-electron chi connectivity index (χ1n) is 10.2. The summed E-state index contributed by atoms with van der Waals surface area (Å²) >= 11 is 0. The first-order chi connectivity index (χ1) is 16.2. The van der Waals surface area contributed by atoms with Gasteiger partial charge in [-0.3, -0.25) is 9.59 Å². The maximum Gasteiger partial charge on any atom is 0.309 e. The zero-order chi connectivity index (χ0) is 24.5. The number of ether oxygens (including phenoxy) is 1. The van der Waals surface area contributed by atoms with Gasteiger partial charge in [0.15, 0.2) is 9.84 Å². The van der Waals surface area contributed by atoms with Crippen LogP contribution in [0.5, 0.6) is 0 Å². The molecule has 1 amide bonds. The number of esters is 1. The summed E-state index contributed by atoms with van der Waals surface area (Å²) in [7, 11) is -2.05. The summed E-state index contributed by atoms with van der Waals surface area (Å²) in [6.07, 6.45) is 1.23. The van der Waals surface area contributed by atoms with Crippen molar-refractivity contribution >= 4 is 44.4 Å². The van der Waals surface area contributed by atoms with E-state index >= 15 is 0 Å². The zero-order valence-corrected chi connectivity index (χ0v) is 19.2. The molecule has 0 saturated carbocycles. The summed E-state index contributed by atoms with van der Waals surface area (Å²) in [6, 6.07) is 17.2. The molecule has 0 radical (unpaired) electrons. The van der Waals surface area contributed by atoms with Crippen LogP contribution in [0.2, 0.25) is 0 Å². The van der Waals surface area contributed by atoms with E-state index in [0.29, 0.717) is 33.8 Å². The smallest absolute Gasteiger partial charge is 0.309 e. The number of benzene rings is 3. The molecule has 0 saturated heterocycles. The number of carbonyl (C=O) groups is 2. The largest absolute Gasteiger partial charge is 0.469 e. The van der Waals surface area contributed by atoms with Crippen molar-refractivity contribution in [3.05, 3.63) is 89.2 Å². The maximum atomic E-state index is 13.7. The standard InChI is InChI=1S/C25H21FN2O5S/c1-33-22(29)13-15-3-5-16(6-4-15)24(27-18-8-10-19(11-9-18)34(2,31)32)23-20-12-7-17(26)14-21(20)28-25(23)30/h3-12,14,27H,13H2,1-2H3,(H,28,30). The van der Waals surface area contributed by atoms with Crippen LogP contribution in [-0.4, -0.2) is 33.7 Å². The normalized spacial score (nSPS) is 14.3. The van der Waals surface area contributed by atoms with Crippen LogP contribution in [0.1, 0.15) is 16.7 Å². The van der Waals surface area contributed by atoms with Gasteiger partial charge in [-0.05, 0) is 53.6 Å². The number of hydrogen-bond donors (Lipinski definition) is 2. The Morgan fingerprint density at radius 1 is 1.03 bits per heavy atom. The van der Waals surface area contributed by atoms with Crippen molar-refractivity contribution in [1.82, 2.24) is 0 Å². The number of rotatable bonds is 6. The minimum Gasteiger partial charge on any atom is -0.469 e. The number of nitrogens with one attached hydrogen (secondary N) is 2. The van der Waals surface area contributed by atoms with Crippen LogP contribution in [-0.2, 0) is 30.6 Å². The molecular weight excluding hydrogens is 459 g/mol. The fourth-order valence-electron chi connectivity index (χ4n) is 3.63. The van der Waals surface area contributed by atoms with E-state index in [4.69, 9.17) is 4.74 Å². The van der Waals surface area contributed by atoms with Crippen LogP contribution in [0.25, 0.3) is 11.3 Å². The van der Waals surface area contributed by atoms with Gasteiger partial charge in [-0.2, -0.15) is 0 Å². The van der Waals surface area contributed by atoms with Gasteiger partial charge in [0.2, 0.25) is 0 Å². The second-order valence-electron chi connectivity index (χ2n) is 7.77. The van der Waals surface area contributed by atoms with Crippen molar-refractivity contribution < 1.29 is 27.1 Å². The Balaban J connectivity index is 1.80. The average molecular weight is 481 g/mol. The summed E-state index contributed by atoms with van der Waals surface area (Å²) in [5, 5.41) is 5.89. The molecule has 0 atom stereocenters. The second kappa shape index (κ2) is 9.11. The topological polar surface area (TPSA) is 102 Å². The molecule has 34 heavy (non-hydrogen) atoms. The van der Waals surface area contributed by atoms with Gasteiger partial charge in [-0.15, -0.1) is 0 Å². The molecule has 4 rings (SSSR count). The minimum atomic E-state index is -3.36. The van der Waals surface area contributed by atoms with E-state index in [1.807, 2.05) is 0 Å². The molecule has 1 heterocycles. The fourth-order valence-corrected chi connectivity index (χ4v) is 4.26. The molecule has 7 nitrogen and oxygen atoms in total. The van der Waals surface area contributed by atoms with Crippen LogP contribution in [0, 0.1) is 5.82 Å². The van der Waals surface area contributed by atoms with Gasteiger partial charge >= 0.3 is 5.97 Å². The Hall–Kier alpha value is -3.98. The van der Waals surface area contributed by atoms with E-state index in [1.165, 1.54) is 37.4 Å². The van der Waals surface area contributed by atoms with E-state index in [9.17, 15) is 22.4 Å². The summed E-state index contributed by atoms with van der Waals surface area (Å²) < 4.78 is 42.0. The monoisotopic (exact) mass is 480 g/mol. The first kappa shape index (κ1) is 23.2. The van der Waals surface area contributed by atoms with Crippen LogP contribution in [0.15, 0.2) is 71.6 Å². The molecule has 0 aliphatic carbocycles. The molecule has 0 spiro atoms. The van der Waals surface area contributed by atoms with Gasteiger partial charge in [0.05, 0.1) is 35.4 Å². The molecule has 9 heteroatoms. The molecule has 2 N–H and O–H groups in total. The number of anilines is 2. The Kier molecular flexibility index (Phi) is 6.21. The van der Waals surface area contributed by atoms with Crippen LogP contribution < -0.4 is 10.6 Å². The highest BCUT2D eigenvalue weighted by atomic mass is 32.2. The number of hydrogen-bond acceptors (Lipinski definition) is 6. The first-order valence-corrected chi connectivity index (χ1v) is 12.1. The second-order valence-corrected chi connectivity index (χ2v) is 9.78. The Morgan fingerprint density at radius 3 is 2.32 bits per heavy atom. The third-order valence-electron chi connectivity index (χ3n) is 5.35. The number of carbonyl (C=O) groups excluding carboxylic acids is 2. The molecule has 0 fully saturated rings. The van der Waals surface area contributed by atoms with E-state index in [2.05, 4.69) is 10.6 Å². The zero-order valence-electron chi connectivity index (χ0n) is 18.4. The molecule has 0 bridgehead atoms. The molecule has 1 aliphatic heterocycles. The van der Waals surface area contributed by atoms with Crippen molar-refractivity contribution in [2.24, 2.45) is 0 Å². The highest BCUT2D eigenvalue weighted by molar-refractivity contribution is 7.90. The van der Waals surface area contributed by atoms with Crippen LogP contribution in [0.3, 0.4) is 0 Å². The predicted molar refractivity (Wildman–Crippen MR) is 127 cm³/mol. The number of fused-ring (bicyclic) bond motifs is 1. The molecule has 174 valence electrons. The lowest BCUT2D eigenvalue weighted by Crippen LogP contribution is -2.10. The summed E-state index contributed by atoms with van der Waals surface area (Å²) in [5.41, 5.74) is 3.56. The number of halogens is 1. The summed E-state index contributed by atoms with van der Waals surface area (Å²) in [4.78, 5) is 24.7. The van der Waals surface area contributed by atoms with Crippen molar-refractivity contribution in [3.8, 4) is 0 Å². The third-order valence-corrected chi connectivity index (χ3v) is 6.48. The molecule has 1 aliphatic rings. The van der Waals surface area contributed by atoms with Gasteiger partial charge < -0.3 is 15.4 Å². The summed E-state index contributed by atoms with van der Waals surface area (Å²) in [6.45, 7) is 0. The lowest BCUT2D eigenvalue weighted by atomic mass is 9.98. The van der Waals surface area contributed by atoms with E-state index in [1.54, 1.807) is 36.4 Å². The quantitative estimate of drug-likeness (QED) is 0.410. The highest BCUT2D eigenvalue weighted by Crippen LogP contribution is 2.38. The van der Waals surface area contributed by atoms with Crippen molar-refractivity contribution in [1.29, 1.82) is 0 Å². The molecule has 3 aromatic carbocycles. The van der Waals surface area contributed by atoms with Gasteiger partial charge in [-0.1, -0.05) is 24.3 Å². The predicted octanol–water partition coefficient (Wildman–Crippen LogP) is 3.88. The Bertz CT molecular complexity index is 1410. The van der Waals surface area contributed by atoms with Gasteiger partial charge in [-0.25, -0.2) is 12.8 Å². The maximum absolute atomic E-state index is 13.7. The molecular formula is C25H21FN2O5S. The lowest BCUT2D eigenvalue weighted by molar-refractivity contribution is -0.139. The fraction of sp³-hybridized carbons (Fsp3) is 0.120. The third kappa shape index (κ3) is 4.84.